The lowest BCUT2D eigenvalue weighted by Gasteiger charge is -2.39. The zero-order valence-electron chi connectivity index (χ0n) is 12.6. The summed E-state index contributed by atoms with van der Waals surface area (Å²) in [5.74, 6) is 0.333. The van der Waals surface area contributed by atoms with Crippen molar-refractivity contribution in [2.24, 2.45) is 5.41 Å². The topological polar surface area (TPSA) is 52.6 Å². The summed E-state index contributed by atoms with van der Waals surface area (Å²) in [4.78, 5) is 14.6. The number of unbranched alkanes of at least 4 members (excludes halogenated alkanes) is 2. The molecular formula is C15H30N2O2. The minimum Gasteiger partial charge on any atom is -0.396 e. The summed E-state index contributed by atoms with van der Waals surface area (Å²) in [6.45, 7) is 5.16. The van der Waals surface area contributed by atoms with Gasteiger partial charge in [0.15, 0.2) is 0 Å². The third kappa shape index (κ3) is 4.77. The number of aliphatic hydroxyl groups is 1. The number of rotatable bonds is 8. The van der Waals surface area contributed by atoms with Crippen molar-refractivity contribution in [1.82, 2.24) is 10.2 Å². The standard InChI is InChI=1S/C15H30N2O2/c1-3-7-15(8-10-16-11-9-15)14(19)17(2)12-5-4-6-13-18/h16,18H,3-13H2,1-2H3. The van der Waals surface area contributed by atoms with Crippen molar-refractivity contribution in [3.63, 3.8) is 0 Å². The van der Waals surface area contributed by atoms with Crippen molar-refractivity contribution in [3.8, 4) is 0 Å². The molecule has 1 saturated heterocycles. The molecule has 1 rings (SSSR count). The molecule has 0 spiro atoms. The van der Waals surface area contributed by atoms with Crippen LogP contribution in [0.1, 0.15) is 51.9 Å². The van der Waals surface area contributed by atoms with E-state index in [-0.39, 0.29) is 12.0 Å². The minimum atomic E-state index is -0.119. The number of hydrogen-bond donors (Lipinski definition) is 2. The third-order valence-electron chi connectivity index (χ3n) is 4.24. The second kappa shape index (κ2) is 8.54. The number of amides is 1. The van der Waals surface area contributed by atoms with Gasteiger partial charge in [-0.3, -0.25) is 4.79 Å². The first kappa shape index (κ1) is 16.4. The third-order valence-corrected chi connectivity index (χ3v) is 4.24. The highest BCUT2D eigenvalue weighted by molar-refractivity contribution is 5.82. The molecule has 1 aliphatic heterocycles. The van der Waals surface area contributed by atoms with E-state index in [0.717, 1.165) is 64.6 Å². The van der Waals surface area contributed by atoms with Crippen LogP contribution in [0.4, 0.5) is 0 Å². The van der Waals surface area contributed by atoms with Crippen LogP contribution in [0, 0.1) is 5.41 Å². The Morgan fingerprint density at radius 3 is 2.53 bits per heavy atom. The van der Waals surface area contributed by atoms with E-state index in [4.69, 9.17) is 5.11 Å². The van der Waals surface area contributed by atoms with Crippen LogP contribution in [0.15, 0.2) is 0 Å². The van der Waals surface area contributed by atoms with Crippen molar-refractivity contribution in [2.45, 2.75) is 51.9 Å². The lowest BCUT2D eigenvalue weighted by atomic mass is 9.74. The lowest BCUT2D eigenvalue weighted by Crippen LogP contribution is -2.48. The number of carbonyl (C=O) groups is 1. The van der Waals surface area contributed by atoms with Gasteiger partial charge < -0.3 is 15.3 Å². The summed E-state index contributed by atoms with van der Waals surface area (Å²) in [5, 5.41) is 12.1. The molecule has 0 atom stereocenters. The van der Waals surface area contributed by atoms with E-state index in [1.54, 1.807) is 0 Å². The Kier molecular flexibility index (Phi) is 7.39. The fourth-order valence-electron chi connectivity index (χ4n) is 3.10. The van der Waals surface area contributed by atoms with Crippen LogP contribution in [0.2, 0.25) is 0 Å². The molecule has 2 N–H and O–H groups in total. The monoisotopic (exact) mass is 270 g/mol. The summed E-state index contributed by atoms with van der Waals surface area (Å²) in [5.41, 5.74) is -0.119. The fraction of sp³-hybridized carbons (Fsp3) is 0.933. The highest BCUT2D eigenvalue weighted by Crippen LogP contribution is 2.35. The van der Waals surface area contributed by atoms with Crippen LogP contribution in [0.5, 0.6) is 0 Å². The molecule has 0 aromatic rings. The SMILES string of the molecule is CCCC1(C(=O)N(C)CCCCCO)CCNCC1. The normalized spacial score (nSPS) is 18.3. The highest BCUT2D eigenvalue weighted by atomic mass is 16.2. The average molecular weight is 270 g/mol. The molecular weight excluding hydrogens is 240 g/mol. The molecule has 0 saturated carbocycles. The molecule has 1 heterocycles. The number of piperidine rings is 1. The Morgan fingerprint density at radius 1 is 1.26 bits per heavy atom. The van der Waals surface area contributed by atoms with Crippen molar-refractivity contribution in [3.05, 3.63) is 0 Å². The van der Waals surface area contributed by atoms with Gasteiger partial charge in [-0.25, -0.2) is 0 Å². The van der Waals surface area contributed by atoms with Gasteiger partial charge in [0.1, 0.15) is 0 Å². The Hall–Kier alpha value is -0.610. The smallest absolute Gasteiger partial charge is 0.228 e. The van der Waals surface area contributed by atoms with Gasteiger partial charge in [-0.05, 0) is 51.6 Å². The first-order valence-electron chi connectivity index (χ1n) is 7.73. The predicted molar refractivity (Wildman–Crippen MR) is 78.0 cm³/mol. The van der Waals surface area contributed by atoms with E-state index >= 15 is 0 Å². The Morgan fingerprint density at radius 2 is 1.95 bits per heavy atom. The summed E-state index contributed by atoms with van der Waals surface area (Å²) in [6.07, 6.45) is 6.85. The highest BCUT2D eigenvalue weighted by Gasteiger charge is 2.39. The Labute approximate surface area is 117 Å². The largest absolute Gasteiger partial charge is 0.396 e. The molecule has 1 aliphatic rings. The second-order valence-electron chi connectivity index (χ2n) is 5.79. The molecule has 4 heteroatoms. The number of hydrogen-bond acceptors (Lipinski definition) is 3. The summed E-state index contributed by atoms with van der Waals surface area (Å²) >= 11 is 0. The maximum absolute atomic E-state index is 12.7. The molecule has 0 aromatic heterocycles. The van der Waals surface area contributed by atoms with Crippen molar-refractivity contribution >= 4 is 5.91 Å². The first-order valence-corrected chi connectivity index (χ1v) is 7.73. The Bertz CT molecular complexity index is 257. The molecule has 19 heavy (non-hydrogen) atoms. The van der Waals surface area contributed by atoms with E-state index in [0.29, 0.717) is 5.91 Å². The summed E-state index contributed by atoms with van der Waals surface area (Å²) in [7, 11) is 1.93. The van der Waals surface area contributed by atoms with Crippen molar-refractivity contribution < 1.29 is 9.90 Å². The molecule has 4 nitrogen and oxygen atoms in total. The van der Waals surface area contributed by atoms with Crippen molar-refractivity contribution in [2.75, 3.05) is 33.3 Å². The van der Waals surface area contributed by atoms with Crippen LogP contribution in [0.25, 0.3) is 0 Å². The number of aliphatic hydroxyl groups excluding tert-OH is 1. The van der Waals surface area contributed by atoms with E-state index in [2.05, 4.69) is 12.2 Å². The number of nitrogens with zero attached hydrogens (tertiary/aromatic N) is 1. The van der Waals surface area contributed by atoms with E-state index in [1.807, 2.05) is 11.9 Å². The van der Waals surface area contributed by atoms with Gasteiger partial charge in [0.2, 0.25) is 5.91 Å². The molecule has 0 unspecified atom stereocenters. The van der Waals surface area contributed by atoms with E-state index in [1.165, 1.54) is 0 Å². The van der Waals surface area contributed by atoms with Crippen LogP contribution in [-0.2, 0) is 4.79 Å². The van der Waals surface area contributed by atoms with E-state index < -0.39 is 0 Å². The van der Waals surface area contributed by atoms with Gasteiger partial charge >= 0.3 is 0 Å². The zero-order valence-corrected chi connectivity index (χ0v) is 12.6. The van der Waals surface area contributed by atoms with Crippen LogP contribution >= 0.6 is 0 Å². The maximum Gasteiger partial charge on any atom is 0.228 e. The number of carbonyl (C=O) groups excluding carboxylic acids is 1. The van der Waals surface area contributed by atoms with Crippen LogP contribution in [0.3, 0.4) is 0 Å². The Balaban J connectivity index is 2.50. The quantitative estimate of drug-likeness (QED) is 0.661. The van der Waals surface area contributed by atoms with Gasteiger partial charge in [-0.2, -0.15) is 0 Å². The van der Waals surface area contributed by atoms with Crippen molar-refractivity contribution in [1.29, 1.82) is 0 Å². The van der Waals surface area contributed by atoms with Gasteiger partial charge in [0.25, 0.3) is 0 Å². The maximum atomic E-state index is 12.7. The predicted octanol–water partition coefficient (Wildman–Crippen LogP) is 1.78. The van der Waals surface area contributed by atoms with Gasteiger partial charge in [0.05, 0.1) is 5.41 Å². The van der Waals surface area contributed by atoms with Crippen LogP contribution < -0.4 is 5.32 Å². The molecule has 112 valence electrons. The average Bonchev–Trinajstić information content (AvgIpc) is 2.44. The van der Waals surface area contributed by atoms with E-state index in [9.17, 15) is 4.79 Å². The fourth-order valence-corrected chi connectivity index (χ4v) is 3.10. The molecule has 1 fully saturated rings. The second-order valence-corrected chi connectivity index (χ2v) is 5.79. The molecule has 0 bridgehead atoms. The zero-order chi connectivity index (χ0) is 14.1. The number of nitrogens with one attached hydrogen (secondary N) is 1. The lowest BCUT2D eigenvalue weighted by molar-refractivity contribution is -0.143. The molecule has 0 aliphatic carbocycles. The van der Waals surface area contributed by atoms with Gasteiger partial charge in [0, 0.05) is 20.2 Å². The van der Waals surface area contributed by atoms with Crippen LogP contribution in [-0.4, -0.2) is 49.2 Å². The molecule has 0 aromatic carbocycles. The summed E-state index contributed by atoms with van der Waals surface area (Å²) < 4.78 is 0. The summed E-state index contributed by atoms with van der Waals surface area (Å²) in [6, 6.07) is 0. The van der Waals surface area contributed by atoms with Gasteiger partial charge in [-0.1, -0.05) is 13.3 Å². The van der Waals surface area contributed by atoms with Gasteiger partial charge in [-0.15, -0.1) is 0 Å². The molecule has 0 radical (unpaired) electrons. The first-order chi connectivity index (χ1) is 9.16. The minimum absolute atomic E-state index is 0.119. The molecule has 1 amide bonds.